The van der Waals surface area contributed by atoms with Gasteiger partial charge >= 0.3 is 0 Å². The molecule has 0 heterocycles. The fourth-order valence-electron chi connectivity index (χ4n) is 1.87. The molecule has 0 fully saturated rings. The summed E-state index contributed by atoms with van der Waals surface area (Å²) in [6, 6.07) is 2.08. The van der Waals surface area contributed by atoms with E-state index in [0.717, 1.165) is 18.9 Å². The Morgan fingerprint density at radius 3 is 2.71 bits per heavy atom. The highest BCUT2D eigenvalue weighted by molar-refractivity contribution is 5.85. The molecule has 1 aliphatic rings. The zero-order chi connectivity index (χ0) is 9.42. The van der Waals surface area contributed by atoms with Gasteiger partial charge in [-0.05, 0) is 36.5 Å². The highest BCUT2D eigenvalue weighted by Gasteiger charge is 2.20. The van der Waals surface area contributed by atoms with E-state index in [4.69, 9.17) is 5.73 Å². The van der Waals surface area contributed by atoms with Gasteiger partial charge in [0.15, 0.2) is 0 Å². The van der Waals surface area contributed by atoms with Gasteiger partial charge in [-0.15, -0.1) is 12.4 Å². The summed E-state index contributed by atoms with van der Waals surface area (Å²) in [4.78, 5) is 0. The smallest absolute Gasteiger partial charge is 0.129 e. The van der Waals surface area contributed by atoms with E-state index in [1.807, 2.05) is 0 Å². The van der Waals surface area contributed by atoms with Gasteiger partial charge in [-0.25, -0.2) is 8.78 Å². The minimum atomic E-state index is -0.534. The van der Waals surface area contributed by atoms with Crippen molar-refractivity contribution >= 4 is 12.4 Å². The van der Waals surface area contributed by atoms with Crippen molar-refractivity contribution < 1.29 is 8.78 Å². The molecule has 2 rings (SSSR count). The molecule has 0 aliphatic heterocycles. The van der Waals surface area contributed by atoms with E-state index < -0.39 is 11.6 Å². The molecule has 1 atom stereocenters. The summed E-state index contributed by atoms with van der Waals surface area (Å²) < 4.78 is 26.0. The molecule has 0 saturated heterocycles. The van der Waals surface area contributed by atoms with E-state index in [9.17, 15) is 8.78 Å². The van der Waals surface area contributed by atoms with Crippen molar-refractivity contribution in [3.63, 3.8) is 0 Å². The molecule has 1 nitrogen and oxygen atoms in total. The summed E-state index contributed by atoms with van der Waals surface area (Å²) in [5.74, 6) is -0.987. The quantitative estimate of drug-likeness (QED) is 0.714. The van der Waals surface area contributed by atoms with Crippen molar-refractivity contribution in [3.8, 4) is 0 Å². The van der Waals surface area contributed by atoms with Crippen LogP contribution in [-0.2, 0) is 6.42 Å². The van der Waals surface area contributed by atoms with Gasteiger partial charge in [0.25, 0.3) is 0 Å². The van der Waals surface area contributed by atoms with E-state index in [1.165, 1.54) is 6.07 Å². The Bertz CT molecular complexity index is 341. The Labute approximate surface area is 87.7 Å². The number of hydrogen-bond acceptors (Lipinski definition) is 1. The molecule has 0 bridgehead atoms. The van der Waals surface area contributed by atoms with Crippen LogP contribution in [-0.4, -0.2) is 0 Å². The standard InChI is InChI=1S/C10H11F2N.ClH/c11-6-4-8-7(9(12)5-6)2-1-3-10(8)13;/h4-5,10H,1-3,13H2;1H/t10-;/m1./s1. The zero-order valence-electron chi connectivity index (χ0n) is 7.59. The Morgan fingerprint density at radius 2 is 2.00 bits per heavy atom. The Hall–Kier alpha value is -0.670. The van der Waals surface area contributed by atoms with Crippen molar-refractivity contribution in [1.29, 1.82) is 0 Å². The van der Waals surface area contributed by atoms with Crippen LogP contribution >= 0.6 is 12.4 Å². The van der Waals surface area contributed by atoms with Crippen LogP contribution in [0.15, 0.2) is 12.1 Å². The van der Waals surface area contributed by atoms with Crippen LogP contribution in [0.3, 0.4) is 0 Å². The molecule has 2 N–H and O–H groups in total. The average molecular weight is 220 g/mol. The first kappa shape index (κ1) is 11.4. The highest BCUT2D eigenvalue weighted by Crippen LogP contribution is 2.30. The van der Waals surface area contributed by atoms with Gasteiger partial charge in [-0.2, -0.15) is 0 Å². The molecule has 0 spiro atoms. The SMILES string of the molecule is Cl.N[C@@H]1CCCc2c(F)cc(F)cc21. The zero-order valence-corrected chi connectivity index (χ0v) is 8.41. The van der Waals surface area contributed by atoms with E-state index in [1.54, 1.807) is 0 Å². The van der Waals surface area contributed by atoms with Crippen molar-refractivity contribution in [2.24, 2.45) is 5.73 Å². The van der Waals surface area contributed by atoms with Crippen molar-refractivity contribution in [2.75, 3.05) is 0 Å². The number of halogens is 3. The number of fused-ring (bicyclic) bond motifs is 1. The maximum atomic E-state index is 13.2. The van der Waals surface area contributed by atoms with Gasteiger partial charge in [-0.3, -0.25) is 0 Å². The second kappa shape index (κ2) is 4.24. The summed E-state index contributed by atoms with van der Waals surface area (Å²) in [7, 11) is 0. The largest absolute Gasteiger partial charge is 0.324 e. The van der Waals surface area contributed by atoms with Gasteiger partial charge in [0.2, 0.25) is 0 Å². The lowest BCUT2D eigenvalue weighted by molar-refractivity contribution is 0.513. The predicted octanol–water partition coefficient (Wildman–Crippen LogP) is 2.72. The third-order valence-corrected chi connectivity index (χ3v) is 2.54. The molecular weight excluding hydrogens is 208 g/mol. The van der Waals surface area contributed by atoms with Crippen LogP contribution in [0.5, 0.6) is 0 Å². The third kappa shape index (κ3) is 1.88. The fraction of sp³-hybridized carbons (Fsp3) is 0.400. The molecule has 0 amide bonds. The number of nitrogens with two attached hydrogens (primary N) is 1. The fourth-order valence-corrected chi connectivity index (χ4v) is 1.87. The lowest BCUT2D eigenvalue weighted by atomic mass is 9.88. The van der Waals surface area contributed by atoms with E-state index in [0.29, 0.717) is 17.5 Å². The summed E-state index contributed by atoms with van der Waals surface area (Å²) in [5.41, 5.74) is 6.99. The highest BCUT2D eigenvalue weighted by atomic mass is 35.5. The van der Waals surface area contributed by atoms with Gasteiger partial charge in [0.1, 0.15) is 11.6 Å². The molecule has 1 aromatic carbocycles. The van der Waals surface area contributed by atoms with E-state index in [2.05, 4.69) is 0 Å². The van der Waals surface area contributed by atoms with Crippen molar-refractivity contribution in [3.05, 3.63) is 34.9 Å². The Balaban J connectivity index is 0.000000980. The first-order valence-corrected chi connectivity index (χ1v) is 4.42. The van der Waals surface area contributed by atoms with Gasteiger partial charge in [0.05, 0.1) is 0 Å². The maximum Gasteiger partial charge on any atom is 0.129 e. The van der Waals surface area contributed by atoms with Crippen LogP contribution < -0.4 is 5.73 Å². The Kier molecular flexibility index (Phi) is 3.45. The number of rotatable bonds is 0. The molecule has 78 valence electrons. The monoisotopic (exact) mass is 219 g/mol. The van der Waals surface area contributed by atoms with E-state index >= 15 is 0 Å². The number of hydrogen-bond donors (Lipinski definition) is 1. The summed E-state index contributed by atoms with van der Waals surface area (Å²) in [5, 5.41) is 0. The first-order valence-electron chi connectivity index (χ1n) is 4.42. The number of benzene rings is 1. The third-order valence-electron chi connectivity index (χ3n) is 2.54. The van der Waals surface area contributed by atoms with Gasteiger partial charge < -0.3 is 5.73 Å². The molecule has 14 heavy (non-hydrogen) atoms. The lowest BCUT2D eigenvalue weighted by Crippen LogP contribution is -2.18. The minimum absolute atomic E-state index is 0. The first-order chi connectivity index (χ1) is 6.18. The van der Waals surface area contributed by atoms with Crippen LogP contribution in [0.2, 0.25) is 0 Å². The maximum absolute atomic E-state index is 13.2. The average Bonchev–Trinajstić information content (AvgIpc) is 2.07. The second-order valence-electron chi connectivity index (χ2n) is 3.45. The molecule has 0 radical (unpaired) electrons. The summed E-state index contributed by atoms with van der Waals surface area (Å²) >= 11 is 0. The van der Waals surface area contributed by atoms with Crippen molar-refractivity contribution in [2.45, 2.75) is 25.3 Å². The van der Waals surface area contributed by atoms with Crippen LogP contribution in [0.25, 0.3) is 0 Å². The molecule has 0 saturated carbocycles. The molecule has 4 heteroatoms. The second-order valence-corrected chi connectivity index (χ2v) is 3.45. The minimum Gasteiger partial charge on any atom is -0.324 e. The van der Waals surface area contributed by atoms with Gasteiger partial charge in [0, 0.05) is 12.1 Å². The van der Waals surface area contributed by atoms with Gasteiger partial charge in [-0.1, -0.05) is 0 Å². The van der Waals surface area contributed by atoms with Crippen molar-refractivity contribution in [1.82, 2.24) is 0 Å². The molecular formula is C10H12ClF2N. The van der Waals surface area contributed by atoms with E-state index in [-0.39, 0.29) is 18.4 Å². The topological polar surface area (TPSA) is 26.0 Å². The molecule has 1 aliphatic carbocycles. The predicted molar refractivity (Wildman–Crippen MR) is 53.5 cm³/mol. The molecule has 0 aromatic heterocycles. The normalized spacial score (nSPS) is 19.8. The molecule has 1 aromatic rings. The molecule has 0 unspecified atom stereocenters. The van der Waals surface area contributed by atoms with Crippen LogP contribution in [0.4, 0.5) is 8.78 Å². The summed E-state index contributed by atoms with van der Waals surface area (Å²) in [6.07, 6.45) is 2.38. The lowest BCUT2D eigenvalue weighted by Gasteiger charge is -2.22. The van der Waals surface area contributed by atoms with Crippen LogP contribution in [0, 0.1) is 11.6 Å². The summed E-state index contributed by atoms with van der Waals surface area (Å²) in [6.45, 7) is 0. The Morgan fingerprint density at radius 1 is 1.29 bits per heavy atom. The van der Waals surface area contributed by atoms with Crippen LogP contribution in [0.1, 0.15) is 30.0 Å².